The van der Waals surface area contributed by atoms with E-state index >= 15 is 0 Å². The van der Waals surface area contributed by atoms with Gasteiger partial charge in [0.05, 0.1) is 12.1 Å². The third kappa shape index (κ3) is 2.17. The minimum Gasteiger partial charge on any atom is -0.480 e. The van der Waals surface area contributed by atoms with Crippen molar-refractivity contribution in [3.8, 4) is 0 Å². The van der Waals surface area contributed by atoms with Crippen molar-refractivity contribution in [2.75, 3.05) is 12.3 Å². The van der Waals surface area contributed by atoms with Crippen molar-refractivity contribution < 1.29 is 14.7 Å². The molecule has 2 rings (SSSR count). The number of anilines is 1. The number of likely N-dealkylation sites (tertiary alicyclic amines) is 1. The molecular formula is C11H15N3O3S. The quantitative estimate of drug-likeness (QED) is 0.843. The Morgan fingerprint density at radius 2 is 2.39 bits per heavy atom. The van der Waals surface area contributed by atoms with E-state index in [9.17, 15) is 14.7 Å². The van der Waals surface area contributed by atoms with Crippen LogP contribution in [0.5, 0.6) is 0 Å². The number of amides is 1. The summed E-state index contributed by atoms with van der Waals surface area (Å²) in [4.78, 5) is 28.8. The van der Waals surface area contributed by atoms with E-state index in [1.807, 2.05) is 0 Å². The Morgan fingerprint density at radius 1 is 1.67 bits per heavy atom. The lowest BCUT2D eigenvalue weighted by atomic mass is 9.99. The van der Waals surface area contributed by atoms with Crippen LogP contribution in [0.2, 0.25) is 0 Å². The van der Waals surface area contributed by atoms with Crippen LogP contribution in [0.15, 0.2) is 5.38 Å². The smallest absolute Gasteiger partial charge is 0.329 e. The predicted molar refractivity (Wildman–Crippen MR) is 67.2 cm³/mol. The van der Waals surface area contributed by atoms with Gasteiger partial charge in [-0.2, -0.15) is 0 Å². The van der Waals surface area contributed by atoms with Crippen LogP contribution in [0.1, 0.15) is 25.5 Å². The highest BCUT2D eigenvalue weighted by atomic mass is 32.1. The van der Waals surface area contributed by atoms with Gasteiger partial charge >= 0.3 is 5.97 Å². The van der Waals surface area contributed by atoms with Crippen molar-refractivity contribution in [2.45, 2.75) is 31.7 Å². The Morgan fingerprint density at radius 3 is 2.94 bits per heavy atom. The van der Waals surface area contributed by atoms with Gasteiger partial charge in [0.1, 0.15) is 5.54 Å². The first kappa shape index (κ1) is 12.8. The molecule has 1 unspecified atom stereocenters. The van der Waals surface area contributed by atoms with Gasteiger partial charge < -0.3 is 15.7 Å². The molecule has 0 saturated carbocycles. The summed E-state index contributed by atoms with van der Waals surface area (Å²) in [5, 5.41) is 11.4. The molecule has 1 aliphatic heterocycles. The van der Waals surface area contributed by atoms with Gasteiger partial charge in [0.25, 0.3) is 0 Å². The number of carboxylic acid groups (broad SMARTS) is 1. The molecule has 1 fully saturated rings. The number of aromatic nitrogens is 1. The number of carbonyl (C=O) groups excluding carboxylic acids is 1. The van der Waals surface area contributed by atoms with E-state index in [0.717, 1.165) is 0 Å². The number of nitrogens with two attached hydrogens (primary N) is 1. The number of aliphatic carboxylic acids is 1. The average molecular weight is 269 g/mol. The van der Waals surface area contributed by atoms with Crippen LogP contribution >= 0.6 is 11.3 Å². The average Bonchev–Trinajstić information content (AvgIpc) is 2.86. The topological polar surface area (TPSA) is 96.5 Å². The lowest BCUT2D eigenvalue weighted by Gasteiger charge is -2.31. The first-order chi connectivity index (χ1) is 8.43. The number of carbonyl (C=O) groups is 2. The highest BCUT2D eigenvalue weighted by molar-refractivity contribution is 7.13. The van der Waals surface area contributed by atoms with Gasteiger partial charge in [-0.25, -0.2) is 9.78 Å². The summed E-state index contributed by atoms with van der Waals surface area (Å²) in [5.74, 6) is -1.16. The Kier molecular flexibility index (Phi) is 3.25. The van der Waals surface area contributed by atoms with Gasteiger partial charge in [-0.3, -0.25) is 4.79 Å². The molecule has 0 spiro atoms. The third-order valence-corrected chi connectivity index (χ3v) is 4.03. The molecule has 98 valence electrons. The summed E-state index contributed by atoms with van der Waals surface area (Å²) in [5.41, 5.74) is 5.01. The second-order valence-electron chi connectivity index (χ2n) is 4.58. The van der Waals surface area contributed by atoms with E-state index in [-0.39, 0.29) is 12.3 Å². The van der Waals surface area contributed by atoms with Crippen molar-refractivity contribution in [3.63, 3.8) is 0 Å². The molecule has 18 heavy (non-hydrogen) atoms. The number of rotatable bonds is 3. The number of thiazole rings is 1. The maximum atomic E-state index is 12.1. The molecule has 0 radical (unpaired) electrons. The first-order valence-corrected chi connectivity index (χ1v) is 6.55. The lowest BCUT2D eigenvalue weighted by Crippen LogP contribution is -2.51. The van der Waals surface area contributed by atoms with Crippen LogP contribution in [0.4, 0.5) is 5.13 Å². The van der Waals surface area contributed by atoms with Crippen molar-refractivity contribution in [1.29, 1.82) is 0 Å². The summed E-state index contributed by atoms with van der Waals surface area (Å²) < 4.78 is 0. The standard InChI is InChI=1S/C11H15N3O3S/c1-11(9(16)17)3-2-4-14(11)8(15)5-7-6-18-10(12)13-7/h6H,2-5H2,1H3,(H2,12,13)(H,16,17). The van der Waals surface area contributed by atoms with Crippen LogP contribution in [-0.2, 0) is 16.0 Å². The van der Waals surface area contributed by atoms with Gasteiger partial charge in [-0.15, -0.1) is 11.3 Å². The van der Waals surface area contributed by atoms with E-state index in [0.29, 0.717) is 30.2 Å². The second kappa shape index (κ2) is 4.56. The first-order valence-electron chi connectivity index (χ1n) is 5.67. The van der Waals surface area contributed by atoms with Crippen molar-refractivity contribution in [1.82, 2.24) is 9.88 Å². The lowest BCUT2D eigenvalue weighted by molar-refractivity contribution is -0.155. The molecule has 1 saturated heterocycles. The van der Waals surface area contributed by atoms with E-state index in [4.69, 9.17) is 5.73 Å². The maximum absolute atomic E-state index is 12.1. The summed E-state index contributed by atoms with van der Waals surface area (Å²) in [7, 11) is 0. The maximum Gasteiger partial charge on any atom is 0.329 e. The van der Waals surface area contributed by atoms with Crippen LogP contribution in [0.25, 0.3) is 0 Å². The van der Waals surface area contributed by atoms with Crippen molar-refractivity contribution in [3.05, 3.63) is 11.1 Å². The zero-order valence-electron chi connectivity index (χ0n) is 10.0. The van der Waals surface area contributed by atoms with E-state index < -0.39 is 11.5 Å². The van der Waals surface area contributed by atoms with Crippen LogP contribution in [0, 0.1) is 0 Å². The van der Waals surface area contributed by atoms with Gasteiger partial charge in [0.2, 0.25) is 5.91 Å². The zero-order chi connectivity index (χ0) is 13.3. The molecule has 1 amide bonds. The van der Waals surface area contributed by atoms with Crippen LogP contribution < -0.4 is 5.73 Å². The Balaban J connectivity index is 2.11. The summed E-state index contributed by atoms with van der Waals surface area (Å²) in [6.07, 6.45) is 1.32. The molecule has 1 atom stereocenters. The van der Waals surface area contributed by atoms with Gasteiger partial charge in [0.15, 0.2) is 5.13 Å². The fourth-order valence-corrected chi connectivity index (χ4v) is 2.80. The minimum absolute atomic E-state index is 0.108. The Bertz CT molecular complexity index is 488. The molecule has 3 N–H and O–H groups in total. The third-order valence-electron chi connectivity index (χ3n) is 3.30. The molecule has 0 bridgehead atoms. The fraction of sp³-hybridized carbons (Fsp3) is 0.545. The molecule has 1 aromatic rings. The zero-order valence-corrected chi connectivity index (χ0v) is 10.9. The summed E-state index contributed by atoms with van der Waals surface area (Å²) in [6, 6.07) is 0. The molecule has 6 nitrogen and oxygen atoms in total. The molecule has 1 aromatic heterocycles. The normalized spacial score (nSPS) is 23.3. The van der Waals surface area contributed by atoms with E-state index in [1.54, 1.807) is 12.3 Å². The molecule has 0 aliphatic carbocycles. The minimum atomic E-state index is -1.08. The van der Waals surface area contributed by atoms with Gasteiger partial charge in [-0.05, 0) is 19.8 Å². The summed E-state index contributed by atoms with van der Waals surface area (Å²) in [6.45, 7) is 2.08. The van der Waals surface area contributed by atoms with Crippen molar-refractivity contribution in [2.24, 2.45) is 0 Å². The summed E-state index contributed by atoms with van der Waals surface area (Å²) >= 11 is 1.27. The van der Waals surface area contributed by atoms with Crippen LogP contribution in [0.3, 0.4) is 0 Å². The number of carboxylic acids is 1. The van der Waals surface area contributed by atoms with Gasteiger partial charge in [0, 0.05) is 11.9 Å². The highest BCUT2D eigenvalue weighted by Crippen LogP contribution is 2.30. The molecule has 2 heterocycles. The number of nitrogen functional groups attached to an aromatic ring is 1. The fourth-order valence-electron chi connectivity index (χ4n) is 2.24. The highest BCUT2D eigenvalue weighted by Gasteiger charge is 2.45. The Labute approximate surface area is 108 Å². The molecule has 0 aromatic carbocycles. The monoisotopic (exact) mass is 269 g/mol. The van der Waals surface area contributed by atoms with Crippen molar-refractivity contribution >= 4 is 28.3 Å². The SMILES string of the molecule is CC1(C(=O)O)CCCN1C(=O)Cc1csc(N)n1. The Hall–Kier alpha value is -1.63. The number of nitrogens with zero attached hydrogens (tertiary/aromatic N) is 2. The molecule has 7 heteroatoms. The van der Waals surface area contributed by atoms with E-state index in [2.05, 4.69) is 4.98 Å². The van der Waals surface area contributed by atoms with Gasteiger partial charge in [-0.1, -0.05) is 0 Å². The number of hydrogen-bond donors (Lipinski definition) is 2. The molecular weight excluding hydrogens is 254 g/mol. The predicted octanol–water partition coefficient (Wildman–Crippen LogP) is 0.733. The van der Waals surface area contributed by atoms with Crippen LogP contribution in [-0.4, -0.2) is 39.0 Å². The largest absolute Gasteiger partial charge is 0.480 e. The molecule has 1 aliphatic rings. The van der Waals surface area contributed by atoms with E-state index in [1.165, 1.54) is 16.2 Å². The second-order valence-corrected chi connectivity index (χ2v) is 5.47. The number of hydrogen-bond acceptors (Lipinski definition) is 5.